The van der Waals surface area contributed by atoms with Crippen LogP contribution in [0.4, 0.5) is 4.79 Å². The van der Waals surface area contributed by atoms with Crippen molar-refractivity contribution in [3.05, 3.63) is 10.4 Å². The maximum atomic E-state index is 11.9. The Hall–Kier alpha value is -2.21. The number of thioether (sulfide) groups is 1. The van der Waals surface area contributed by atoms with Gasteiger partial charge >= 0.3 is 6.03 Å². The molecule has 32 heavy (non-hydrogen) atoms. The van der Waals surface area contributed by atoms with Crippen LogP contribution in [0.2, 0.25) is 0 Å². The molecular formula is C19H33N7O5S. The third kappa shape index (κ3) is 10.4. The number of hydrogen-bond acceptors (Lipinski definition) is 7. The number of rotatable bonds is 17. The van der Waals surface area contributed by atoms with E-state index in [0.29, 0.717) is 50.9 Å². The summed E-state index contributed by atoms with van der Waals surface area (Å²) in [6.45, 7) is 2.18. The lowest BCUT2D eigenvalue weighted by Crippen LogP contribution is -2.36. The zero-order valence-electron chi connectivity index (χ0n) is 18.2. The molecule has 0 aromatic rings. The van der Waals surface area contributed by atoms with Crippen molar-refractivity contribution in [1.29, 1.82) is 0 Å². The molecule has 2 heterocycles. The average molecular weight is 472 g/mol. The van der Waals surface area contributed by atoms with Crippen LogP contribution in [0.3, 0.4) is 0 Å². The monoisotopic (exact) mass is 471 g/mol. The largest absolute Gasteiger partial charge is 0.377 e. The molecule has 0 aromatic heterocycles. The van der Waals surface area contributed by atoms with Crippen LogP contribution in [0.15, 0.2) is 5.11 Å². The van der Waals surface area contributed by atoms with Gasteiger partial charge in [0.1, 0.15) is 6.61 Å². The van der Waals surface area contributed by atoms with Crippen molar-refractivity contribution in [2.45, 2.75) is 49.4 Å². The number of hydrogen-bond donors (Lipinski definition) is 4. The third-order valence-corrected chi connectivity index (χ3v) is 6.58. The Balaban J connectivity index is 1.34. The first-order valence-electron chi connectivity index (χ1n) is 11.0. The van der Waals surface area contributed by atoms with Gasteiger partial charge in [-0.1, -0.05) is 11.5 Å². The van der Waals surface area contributed by atoms with Crippen molar-refractivity contribution < 1.29 is 23.9 Å². The second-order valence-corrected chi connectivity index (χ2v) is 8.81. The lowest BCUT2D eigenvalue weighted by Gasteiger charge is -2.16. The van der Waals surface area contributed by atoms with Crippen LogP contribution < -0.4 is 21.3 Å². The van der Waals surface area contributed by atoms with E-state index in [9.17, 15) is 14.4 Å². The van der Waals surface area contributed by atoms with Gasteiger partial charge in [0.15, 0.2) is 0 Å². The minimum atomic E-state index is -0.228. The molecule has 4 amide bonds. The van der Waals surface area contributed by atoms with Crippen LogP contribution in [0.1, 0.15) is 32.1 Å². The van der Waals surface area contributed by atoms with Gasteiger partial charge in [-0.25, -0.2) is 4.79 Å². The van der Waals surface area contributed by atoms with Gasteiger partial charge in [0.2, 0.25) is 11.8 Å². The van der Waals surface area contributed by atoms with Gasteiger partial charge in [-0.2, -0.15) is 11.8 Å². The molecule has 0 radical (unpaired) electrons. The Morgan fingerprint density at radius 3 is 2.75 bits per heavy atom. The molecule has 180 valence electrons. The number of amides is 4. The quantitative estimate of drug-likeness (QED) is 0.0800. The Morgan fingerprint density at radius 1 is 1.09 bits per heavy atom. The van der Waals surface area contributed by atoms with Crippen LogP contribution in [0, 0.1) is 0 Å². The number of carbonyl (C=O) groups excluding carboxylic acids is 3. The van der Waals surface area contributed by atoms with Crippen molar-refractivity contribution in [2.75, 3.05) is 51.8 Å². The van der Waals surface area contributed by atoms with E-state index < -0.39 is 0 Å². The molecule has 0 aromatic carbocycles. The minimum absolute atomic E-state index is 0.00905. The first-order chi connectivity index (χ1) is 15.6. The average Bonchev–Trinajstić information content (AvgIpc) is 3.32. The fourth-order valence-electron chi connectivity index (χ4n) is 3.48. The molecule has 0 aliphatic carbocycles. The number of nitrogens with zero attached hydrogens (tertiary/aromatic N) is 3. The predicted octanol–water partition coefficient (Wildman–Crippen LogP) is 0.678. The van der Waals surface area contributed by atoms with Crippen molar-refractivity contribution >= 4 is 29.6 Å². The molecule has 12 nitrogen and oxygen atoms in total. The summed E-state index contributed by atoms with van der Waals surface area (Å²) < 4.78 is 10.6. The highest BCUT2D eigenvalue weighted by molar-refractivity contribution is 8.00. The van der Waals surface area contributed by atoms with Gasteiger partial charge in [-0.15, -0.1) is 0 Å². The highest BCUT2D eigenvalue weighted by Gasteiger charge is 2.42. The molecule has 2 aliphatic rings. The lowest BCUT2D eigenvalue weighted by molar-refractivity contribution is -0.126. The van der Waals surface area contributed by atoms with Crippen LogP contribution in [0.25, 0.3) is 10.4 Å². The van der Waals surface area contributed by atoms with E-state index in [1.165, 1.54) is 0 Å². The molecule has 4 N–H and O–H groups in total. The molecule has 0 unspecified atom stereocenters. The summed E-state index contributed by atoms with van der Waals surface area (Å²) in [5, 5.41) is 15.2. The molecule has 2 saturated heterocycles. The van der Waals surface area contributed by atoms with E-state index in [-0.39, 0.29) is 43.1 Å². The molecule has 0 spiro atoms. The van der Waals surface area contributed by atoms with E-state index in [2.05, 4.69) is 31.3 Å². The van der Waals surface area contributed by atoms with Crippen LogP contribution >= 0.6 is 11.8 Å². The van der Waals surface area contributed by atoms with Crippen LogP contribution in [-0.2, 0) is 19.1 Å². The number of nitrogens with one attached hydrogen (secondary N) is 4. The van der Waals surface area contributed by atoms with Gasteiger partial charge in [0.25, 0.3) is 0 Å². The van der Waals surface area contributed by atoms with E-state index in [1.54, 1.807) is 0 Å². The highest BCUT2D eigenvalue weighted by atomic mass is 32.2. The number of carbonyl (C=O) groups is 3. The molecule has 3 atom stereocenters. The normalized spacial score (nSPS) is 21.2. The van der Waals surface area contributed by atoms with Crippen molar-refractivity contribution in [1.82, 2.24) is 21.3 Å². The maximum Gasteiger partial charge on any atom is 0.315 e. The summed E-state index contributed by atoms with van der Waals surface area (Å²) >= 11 is 1.89. The lowest BCUT2D eigenvalue weighted by atomic mass is 10.0. The Morgan fingerprint density at radius 2 is 1.91 bits per heavy atom. The fourth-order valence-corrected chi connectivity index (χ4v) is 5.03. The first-order valence-corrected chi connectivity index (χ1v) is 12.0. The maximum absolute atomic E-state index is 11.9. The topological polar surface area (TPSA) is 167 Å². The number of azide groups is 1. The van der Waals surface area contributed by atoms with Crippen LogP contribution in [-0.4, -0.2) is 87.0 Å². The highest BCUT2D eigenvalue weighted by Crippen LogP contribution is 2.33. The summed E-state index contributed by atoms with van der Waals surface area (Å²) in [6.07, 6.45) is 3.85. The van der Waals surface area contributed by atoms with E-state index in [0.717, 1.165) is 25.0 Å². The number of unbranched alkanes of at least 4 members (excludes halogenated alkanes) is 1. The number of urea groups is 1. The van der Waals surface area contributed by atoms with Gasteiger partial charge in [0.05, 0.1) is 31.9 Å². The summed E-state index contributed by atoms with van der Waals surface area (Å²) in [6, 6.07) is 0.385. The van der Waals surface area contributed by atoms with E-state index >= 15 is 0 Å². The second kappa shape index (κ2) is 15.6. The molecular weight excluding hydrogens is 438 g/mol. The smallest absolute Gasteiger partial charge is 0.315 e. The predicted molar refractivity (Wildman–Crippen MR) is 120 cm³/mol. The third-order valence-electron chi connectivity index (χ3n) is 5.07. The zero-order valence-corrected chi connectivity index (χ0v) is 19.0. The van der Waals surface area contributed by atoms with Gasteiger partial charge in [-0.3, -0.25) is 9.59 Å². The standard InChI is InChI=1S/C19H33N7O5S/c20-26-23-7-3-6-21-17(28)12-31-11-10-30-9-8-22-16(27)5-2-1-4-15-18-14(13-32-15)24-19(29)25-18/h14-15,18H,1-13H2,(H,21,28)(H,22,27)(H2,24,25,29)/t14-,15+,18-/m1/s1. The Bertz CT molecular complexity index is 662. The van der Waals surface area contributed by atoms with Crippen LogP contribution in [0.5, 0.6) is 0 Å². The molecule has 2 aliphatic heterocycles. The molecule has 2 rings (SSSR count). The number of fused-ring (bicyclic) bond motifs is 1. The molecule has 2 fully saturated rings. The first kappa shape index (κ1) is 26.0. The number of ether oxygens (including phenoxy) is 2. The summed E-state index contributed by atoms with van der Waals surface area (Å²) in [4.78, 5) is 37.4. The Labute approximate surface area is 191 Å². The summed E-state index contributed by atoms with van der Waals surface area (Å²) in [5.74, 6) is 0.733. The van der Waals surface area contributed by atoms with E-state index in [1.807, 2.05) is 11.8 Å². The van der Waals surface area contributed by atoms with Crippen molar-refractivity contribution in [3.8, 4) is 0 Å². The van der Waals surface area contributed by atoms with Gasteiger partial charge in [-0.05, 0) is 24.8 Å². The molecule has 0 bridgehead atoms. The van der Waals surface area contributed by atoms with Gasteiger partial charge < -0.3 is 30.7 Å². The minimum Gasteiger partial charge on any atom is -0.377 e. The molecule has 0 saturated carbocycles. The van der Waals surface area contributed by atoms with Crippen molar-refractivity contribution in [3.63, 3.8) is 0 Å². The Kier molecular flexibility index (Phi) is 12.7. The second-order valence-electron chi connectivity index (χ2n) is 7.54. The SMILES string of the molecule is [N-]=[N+]=NCCCNC(=O)COCCOCCNC(=O)CCCC[C@@H]1SC[C@H]2NC(=O)N[C@@H]12. The van der Waals surface area contributed by atoms with Crippen molar-refractivity contribution in [2.24, 2.45) is 5.11 Å². The van der Waals surface area contributed by atoms with Gasteiger partial charge in [0, 0.05) is 42.0 Å². The summed E-state index contributed by atoms with van der Waals surface area (Å²) in [7, 11) is 0. The van der Waals surface area contributed by atoms with E-state index in [4.69, 9.17) is 15.0 Å². The molecule has 13 heteroatoms. The fraction of sp³-hybridized carbons (Fsp3) is 0.842. The summed E-state index contributed by atoms with van der Waals surface area (Å²) in [5.41, 5.74) is 8.14. The zero-order chi connectivity index (χ0) is 23.0.